The number of fused-ring (bicyclic) bond motifs is 3. The molecule has 1 N–H and O–H groups in total. The lowest BCUT2D eigenvalue weighted by molar-refractivity contribution is 0.266. The maximum atomic E-state index is 13.9. The summed E-state index contributed by atoms with van der Waals surface area (Å²) in [5, 5.41) is 12.3. The van der Waals surface area contributed by atoms with Gasteiger partial charge in [-0.1, -0.05) is 48.2 Å². The van der Waals surface area contributed by atoms with Gasteiger partial charge in [0.05, 0.1) is 6.26 Å². The van der Waals surface area contributed by atoms with Crippen LogP contribution in [0.4, 0.5) is 10.1 Å². The van der Waals surface area contributed by atoms with Crippen LogP contribution in [0, 0.1) is 5.82 Å². The second kappa shape index (κ2) is 8.61. The van der Waals surface area contributed by atoms with E-state index in [1.54, 1.807) is 24.5 Å². The highest BCUT2D eigenvalue weighted by Gasteiger charge is 2.23. The summed E-state index contributed by atoms with van der Waals surface area (Å²) in [5.41, 5.74) is 2.83. The van der Waals surface area contributed by atoms with Crippen molar-refractivity contribution in [3.05, 3.63) is 90.1 Å². The van der Waals surface area contributed by atoms with Crippen molar-refractivity contribution in [3.8, 4) is 17.1 Å². The molecule has 0 radical (unpaired) electrons. The number of nitrogens with zero attached hydrogens (tertiary/aromatic N) is 3. The fourth-order valence-corrected chi connectivity index (χ4v) is 3.91. The number of aromatic nitrogens is 3. The Morgan fingerprint density at radius 3 is 2.77 bits per heavy atom. The van der Waals surface area contributed by atoms with E-state index in [2.05, 4.69) is 20.5 Å². The molecule has 1 aliphatic heterocycles. The average Bonchev–Trinajstić information content (AvgIpc) is 3.26. The Morgan fingerprint density at radius 1 is 1.03 bits per heavy atom. The molecule has 1 aliphatic rings. The van der Waals surface area contributed by atoms with Gasteiger partial charge in [-0.2, -0.15) is 4.98 Å². The summed E-state index contributed by atoms with van der Waals surface area (Å²) in [5.74, 6) is 1.21. The van der Waals surface area contributed by atoms with Crippen molar-refractivity contribution in [1.29, 1.82) is 0 Å². The van der Waals surface area contributed by atoms with Crippen LogP contribution in [0.3, 0.4) is 0 Å². The second-order valence-corrected chi connectivity index (χ2v) is 7.67. The summed E-state index contributed by atoms with van der Waals surface area (Å²) in [6, 6.07) is 18.1. The molecule has 4 aromatic rings. The minimum atomic E-state index is -0.492. The van der Waals surface area contributed by atoms with Crippen molar-refractivity contribution in [1.82, 2.24) is 15.2 Å². The van der Waals surface area contributed by atoms with E-state index >= 15 is 0 Å². The predicted octanol–water partition coefficient (Wildman–Crippen LogP) is 5.41. The largest absolute Gasteiger partial charge is 0.465 e. The number of anilines is 1. The van der Waals surface area contributed by atoms with Crippen LogP contribution in [0.25, 0.3) is 17.3 Å². The van der Waals surface area contributed by atoms with Crippen molar-refractivity contribution in [2.45, 2.75) is 17.1 Å². The number of hydrogen-bond donors (Lipinski definition) is 1. The lowest BCUT2D eigenvalue weighted by Crippen LogP contribution is -2.23. The third-order valence-electron chi connectivity index (χ3n) is 4.65. The zero-order chi connectivity index (χ0) is 21.0. The Morgan fingerprint density at radius 2 is 1.90 bits per heavy atom. The van der Waals surface area contributed by atoms with Crippen molar-refractivity contribution < 1.29 is 13.5 Å². The first-order chi connectivity index (χ1) is 15.3. The quantitative estimate of drug-likeness (QED) is 0.423. The highest BCUT2D eigenvalue weighted by atomic mass is 32.2. The van der Waals surface area contributed by atoms with Crippen molar-refractivity contribution >= 4 is 23.5 Å². The number of halogens is 1. The van der Waals surface area contributed by atoms with Gasteiger partial charge < -0.3 is 14.5 Å². The molecule has 0 saturated carbocycles. The first-order valence-electron chi connectivity index (χ1n) is 9.61. The molecule has 154 valence electrons. The van der Waals surface area contributed by atoms with E-state index in [9.17, 15) is 4.39 Å². The summed E-state index contributed by atoms with van der Waals surface area (Å²) < 4.78 is 25.4. The molecule has 1 atom stereocenters. The van der Waals surface area contributed by atoms with E-state index in [-0.39, 0.29) is 5.82 Å². The number of nitrogens with one attached hydrogen (secondary N) is 1. The first-order valence-corrected chi connectivity index (χ1v) is 10.6. The third kappa shape index (κ3) is 4.29. The number of thioether (sulfide) groups is 1. The lowest BCUT2D eigenvalue weighted by Gasteiger charge is -2.15. The molecule has 8 heteroatoms. The van der Waals surface area contributed by atoms with Gasteiger partial charge in [0, 0.05) is 17.0 Å². The molecule has 5 rings (SSSR count). The third-order valence-corrected chi connectivity index (χ3v) is 5.53. The zero-order valence-corrected chi connectivity index (χ0v) is 17.1. The van der Waals surface area contributed by atoms with Crippen molar-refractivity contribution in [2.75, 3.05) is 5.32 Å². The number of furan rings is 1. The highest BCUT2D eigenvalue weighted by Crippen LogP contribution is 2.36. The minimum absolute atomic E-state index is 0.254. The molecule has 2 aromatic carbocycles. The Balaban J connectivity index is 1.44. The molecule has 2 aromatic heterocycles. The van der Waals surface area contributed by atoms with Gasteiger partial charge in [-0.05, 0) is 42.0 Å². The first kappa shape index (κ1) is 19.3. The summed E-state index contributed by atoms with van der Waals surface area (Å²) in [6.45, 7) is 0. The van der Waals surface area contributed by atoms with Gasteiger partial charge in [0.1, 0.15) is 11.6 Å². The summed E-state index contributed by atoms with van der Waals surface area (Å²) in [4.78, 5) is 4.56. The Bertz CT molecular complexity index is 1230. The van der Waals surface area contributed by atoms with Crippen LogP contribution in [0.1, 0.15) is 11.3 Å². The molecule has 31 heavy (non-hydrogen) atoms. The van der Waals surface area contributed by atoms with Crippen LogP contribution in [-0.4, -0.2) is 21.4 Å². The molecule has 6 nitrogen and oxygen atoms in total. The minimum Gasteiger partial charge on any atom is -0.465 e. The normalized spacial score (nSPS) is 14.9. The van der Waals surface area contributed by atoms with Crippen molar-refractivity contribution in [3.63, 3.8) is 0 Å². The van der Waals surface area contributed by atoms with E-state index in [1.807, 2.05) is 48.6 Å². The smallest absolute Gasteiger partial charge is 0.247 e. The van der Waals surface area contributed by atoms with Gasteiger partial charge in [-0.25, -0.2) is 4.39 Å². The number of para-hydroxylation sites is 1. The second-order valence-electron chi connectivity index (χ2n) is 6.73. The van der Waals surface area contributed by atoms with E-state index < -0.39 is 6.23 Å². The number of rotatable bonds is 5. The van der Waals surface area contributed by atoms with Gasteiger partial charge in [-0.15, -0.1) is 10.2 Å². The van der Waals surface area contributed by atoms with E-state index in [0.29, 0.717) is 33.8 Å². The molecular weight excluding hydrogens is 415 g/mol. The van der Waals surface area contributed by atoms with Crippen LogP contribution in [-0.2, 0) is 5.75 Å². The topological polar surface area (TPSA) is 73.1 Å². The van der Waals surface area contributed by atoms with Crippen LogP contribution < -0.4 is 10.1 Å². The van der Waals surface area contributed by atoms with E-state index in [0.717, 1.165) is 11.3 Å². The SMILES string of the molecule is Fc1ccccc1CSc1nnc2c(n1)O[C@H](/C=C/c1ccco1)Nc1ccccc1-2. The summed E-state index contributed by atoms with van der Waals surface area (Å²) >= 11 is 1.30. The number of benzene rings is 2. The fourth-order valence-electron chi connectivity index (χ4n) is 3.14. The Kier molecular flexibility index (Phi) is 5.37. The zero-order valence-electron chi connectivity index (χ0n) is 16.2. The summed E-state index contributed by atoms with van der Waals surface area (Å²) in [6.07, 6.45) is 4.79. The molecule has 0 unspecified atom stereocenters. The molecule has 0 amide bonds. The number of ether oxygens (including phenoxy) is 1. The van der Waals surface area contributed by atoms with Gasteiger partial charge in [0.25, 0.3) is 0 Å². The monoisotopic (exact) mass is 432 g/mol. The van der Waals surface area contributed by atoms with Crippen LogP contribution in [0.2, 0.25) is 0 Å². The van der Waals surface area contributed by atoms with Crippen LogP contribution >= 0.6 is 11.8 Å². The maximum Gasteiger partial charge on any atom is 0.247 e. The molecule has 0 saturated heterocycles. The van der Waals surface area contributed by atoms with Gasteiger partial charge in [0.2, 0.25) is 11.0 Å². The fraction of sp³-hybridized carbons (Fsp3) is 0.0870. The van der Waals surface area contributed by atoms with Crippen molar-refractivity contribution in [2.24, 2.45) is 0 Å². The van der Waals surface area contributed by atoms with Crippen LogP contribution in [0.15, 0.2) is 82.6 Å². The Hall–Kier alpha value is -3.65. The molecular formula is C23H17FN4O2S. The predicted molar refractivity (Wildman–Crippen MR) is 117 cm³/mol. The van der Waals surface area contributed by atoms with Gasteiger partial charge >= 0.3 is 0 Å². The van der Waals surface area contributed by atoms with E-state index in [1.165, 1.54) is 17.8 Å². The maximum absolute atomic E-state index is 13.9. The standard InChI is InChI=1S/C23H17FN4O2S/c24-18-9-3-1-6-15(18)14-31-23-26-22-21(27-28-23)17-8-2-4-10-19(17)25-20(30-22)12-11-16-7-5-13-29-16/h1-13,20,25H,14H2/b12-11+/t20-/m1/s1. The number of hydrogen-bond acceptors (Lipinski definition) is 7. The Labute approximate surface area is 182 Å². The molecule has 0 spiro atoms. The van der Waals surface area contributed by atoms with Gasteiger partial charge in [-0.3, -0.25) is 0 Å². The van der Waals surface area contributed by atoms with E-state index in [4.69, 9.17) is 9.15 Å². The molecule has 0 fully saturated rings. The summed E-state index contributed by atoms with van der Waals surface area (Å²) in [7, 11) is 0. The molecule has 3 heterocycles. The lowest BCUT2D eigenvalue weighted by atomic mass is 10.1. The molecule has 0 aliphatic carbocycles. The van der Waals surface area contributed by atoms with Gasteiger partial charge in [0.15, 0.2) is 11.9 Å². The van der Waals surface area contributed by atoms with Crippen LogP contribution in [0.5, 0.6) is 5.88 Å². The average molecular weight is 432 g/mol. The highest BCUT2D eigenvalue weighted by molar-refractivity contribution is 7.98. The molecule has 0 bridgehead atoms.